The van der Waals surface area contributed by atoms with E-state index in [1.54, 1.807) is 0 Å². The van der Waals surface area contributed by atoms with Crippen molar-refractivity contribution in [3.63, 3.8) is 0 Å². The van der Waals surface area contributed by atoms with Gasteiger partial charge >= 0.3 is 0 Å². The number of fused-ring (bicyclic) bond motifs is 1. The molecule has 7 heteroatoms. The molecule has 0 saturated carbocycles. The number of nitrogens with one attached hydrogen (secondary N) is 2. The Bertz CT molecular complexity index is 706. The second-order valence-corrected chi connectivity index (χ2v) is 8.98. The van der Waals surface area contributed by atoms with Crippen molar-refractivity contribution in [2.45, 2.75) is 44.6 Å². The maximum absolute atomic E-state index is 11.6. The summed E-state index contributed by atoms with van der Waals surface area (Å²) in [6.07, 6.45) is 4.20. The van der Waals surface area contributed by atoms with E-state index < -0.39 is 9.84 Å². The molecule has 1 saturated heterocycles. The van der Waals surface area contributed by atoms with Crippen molar-refractivity contribution < 1.29 is 8.42 Å². The smallest absolute Gasteiger partial charge is 0.191 e. The van der Waals surface area contributed by atoms with Crippen molar-refractivity contribution in [2.24, 2.45) is 4.99 Å². The molecule has 0 radical (unpaired) electrons. The lowest BCUT2D eigenvalue weighted by atomic mass is 9.83. The highest BCUT2D eigenvalue weighted by Crippen LogP contribution is 2.31. The SMILES string of the molecule is CCNC(=NCC1CCCc2ccccc21)NC1CCS(=O)(=O)C1.I. The molecule has 1 aliphatic heterocycles. The molecule has 0 bridgehead atoms. The summed E-state index contributed by atoms with van der Waals surface area (Å²) in [5, 5.41) is 6.54. The zero-order valence-corrected chi connectivity index (χ0v) is 17.8. The molecule has 0 aromatic heterocycles. The van der Waals surface area contributed by atoms with Gasteiger partial charge in [0.1, 0.15) is 0 Å². The van der Waals surface area contributed by atoms with Gasteiger partial charge in [-0.1, -0.05) is 24.3 Å². The van der Waals surface area contributed by atoms with Crippen molar-refractivity contribution in [3.05, 3.63) is 35.4 Å². The van der Waals surface area contributed by atoms with E-state index in [-0.39, 0.29) is 41.5 Å². The van der Waals surface area contributed by atoms with Gasteiger partial charge in [0.05, 0.1) is 11.5 Å². The van der Waals surface area contributed by atoms with Gasteiger partial charge in [-0.25, -0.2) is 8.42 Å². The summed E-state index contributed by atoms with van der Waals surface area (Å²) in [4.78, 5) is 4.75. The third-order valence-electron chi connectivity index (χ3n) is 4.88. The highest BCUT2D eigenvalue weighted by molar-refractivity contribution is 14.0. The normalized spacial score (nSPS) is 24.9. The summed E-state index contributed by atoms with van der Waals surface area (Å²) in [5.41, 5.74) is 2.87. The summed E-state index contributed by atoms with van der Waals surface area (Å²) in [5.74, 6) is 1.68. The van der Waals surface area contributed by atoms with E-state index >= 15 is 0 Å². The number of sulfone groups is 1. The fraction of sp³-hybridized carbons (Fsp3) is 0.611. The van der Waals surface area contributed by atoms with Crippen molar-refractivity contribution in [2.75, 3.05) is 24.6 Å². The van der Waals surface area contributed by atoms with Crippen LogP contribution in [0.15, 0.2) is 29.3 Å². The number of halogens is 1. The Morgan fingerprint density at radius 3 is 2.80 bits per heavy atom. The highest BCUT2D eigenvalue weighted by atomic mass is 127. The number of nitrogens with zero attached hydrogens (tertiary/aromatic N) is 1. The van der Waals surface area contributed by atoms with Crippen LogP contribution in [0.4, 0.5) is 0 Å². The Hall–Kier alpha value is -0.830. The molecule has 3 rings (SSSR count). The van der Waals surface area contributed by atoms with E-state index in [1.165, 1.54) is 17.5 Å². The third kappa shape index (κ3) is 5.57. The lowest BCUT2D eigenvalue weighted by molar-refractivity contribution is 0.557. The van der Waals surface area contributed by atoms with Crippen LogP contribution in [0.1, 0.15) is 43.2 Å². The van der Waals surface area contributed by atoms with E-state index in [4.69, 9.17) is 4.99 Å². The fourth-order valence-electron chi connectivity index (χ4n) is 3.67. The molecule has 5 nitrogen and oxygen atoms in total. The first-order valence-corrected chi connectivity index (χ1v) is 10.7. The number of hydrogen-bond donors (Lipinski definition) is 2. The molecule has 1 fully saturated rings. The Morgan fingerprint density at radius 2 is 2.08 bits per heavy atom. The van der Waals surface area contributed by atoms with Crippen LogP contribution in [0, 0.1) is 0 Å². The zero-order chi connectivity index (χ0) is 17.0. The maximum Gasteiger partial charge on any atom is 0.191 e. The molecule has 2 N–H and O–H groups in total. The van der Waals surface area contributed by atoms with Crippen molar-refractivity contribution in [1.82, 2.24) is 10.6 Å². The second-order valence-electron chi connectivity index (χ2n) is 6.75. The van der Waals surface area contributed by atoms with Crippen LogP contribution in [-0.2, 0) is 16.3 Å². The third-order valence-corrected chi connectivity index (χ3v) is 6.65. The maximum atomic E-state index is 11.6. The van der Waals surface area contributed by atoms with E-state index in [0.717, 1.165) is 31.9 Å². The average molecular weight is 477 g/mol. The molecule has 0 amide bonds. The molecule has 1 aromatic carbocycles. The number of guanidine groups is 1. The molecule has 1 aromatic rings. The van der Waals surface area contributed by atoms with Gasteiger partial charge in [0.25, 0.3) is 0 Å². The van der Waals surface area contributed by atoms with Crippen LogP contribution in [0.2, 0.25) is 0 Å². The van der Waals surface area contributed by atoms with Crippen LogP contribution in [-0.4, -0.2) is 45.0 Å². The van der Waals surface area contributed by atoms with Gasteiger partial charge in [-0.3, -0.25) is 4.99 Å². The molecule has 2 aliphatic rings. The summed E-state index contributed by atoms with van der Waals surface area (Å²) in [6.45, 7) is 3.54. The average Bonchev–Trinajstić information content (AvgIpc) is 2.91. The first-order chi connectivity index (χ1) is 11.6. The predicted molar refractivity (Wildman–Crippen MR) is 114 cm³/mol. The van der Waals surface area contributed by atoms with E-state index in [0.29, 0.717) is 12.3 Å². The van der Waals surface area contributed by atoms with Gasteiger partial charge in [0.2, 0.25) is 0 Å². The molecular formula is C18H28IN3O2S. The molecule has 0 spiro atoms. The molecular weight excluding hydrogens is 449 g/mol. The van der Waals surface area contributed by atoms with Crippen LogP contribution < -0.4 is 10.6 Å². The Balaban J connectivity index is 0.00000225. The molecule has 2 atom stereocenters. The first kappa shape index (κ1) is 20.5. The fourth-order valence-corrected chi connectivity index (χ4v) is 5.34. The van der Waals surface area contributed by atoms with Gasteiger partial charge in [-0.15, -0.1) is 24.0 Å². The van der Waals surface area contributed by atoms with Gasteiger partial charge in [-0.2, -0.15) is 0 Å². The van der Waals surface area contributed by atoms with Crippen LogP contribution in [0.5, 0.6) is 0 Å². The van der Waals surface area contributed by atoms with Crippen molar-refractivity contribution in [1.29, 1.82) is 0 Å². The quantitative estimate of drug-likeness (QED) is 0.397. The number of hydrogen-bond acceptors (Lipinski definition) is 3. The van der Waals surface area contributed by atoms with E-state index in [9.17, 15) is 8.42 Å². The highest BCUT2D eigenvalue weighted by Gasteiger charge is 2.28. The summed E-state index contributed by atoms with van der Waals surface area (Å²) < 4.78 is 23.2. The Labute approximate surface area is 168 Å². The van der Waals surface area contributed by atoms with Gasteiger partial charge in [0, 0.05) is 25.0 Å². The predicted octanol–water partition coefficient (Wildman–Crippen LogP) is 2.47. The lowest BCUT2D eigenvalue weighted by Gasteiger charge is -2.24. The van der Waals surface area contributed by atoms with Crippen LogP contribution in [0.3, 0.4) is 0 Å². The summed E-state index contributed by atoms with van der Waals surface area (Å²) in [6, 6.07) is 8.63. The van der Waals surface area contributed by atoms with E-state index in [2.05, 4.69) is 34.9 Å². The van der Waals surface area contributed by atoms with Crippen LogP contribution >= 0.6 is 24.0 Å². The first-order valence-electron chi connectivity index (χ1n) is 8.90. The van der Waals surface area contributed by atoms with Gasteiger partial charge in [-0.05, 0) is 43.7 Å². The summed E-state index contributed by atoms with van der Waals surface area (Å²) >= 11 is 0. The van der Waals surface area contributed by atoms with Crippen molar-refractivity contribution >= 4 is 39.8 Å². The molecule has 1 aliphatic carbocycles. The zero-order valence-electron chi connectivity index (χ0n) is 14.7. The molecule has 25 heavy (non-hydrogen) atoms. The largest absolute Gasteiger partial charge is 0.357 e. The lowest BCUT2D eigenvalue weighted by Crippen LogP contribution is -2.44. The minimum Gasteiger partial charge on any atom is -0.357 e. The number of rotatable bonds is 4. The number of aliphatic imine (C=N–C) groups is 1. The molecule has 140 valence electrons. The van der Waals surface area contributed by atoms with E-state index in [1.807, 2.05) is 6.92 Å². The van der Waals surface area contributed by atoms with Crippen LogP contribution in [0.25, 0.3) is 0 Å². The van der Waals surface area contributed by atoms with Gasteiger partial charge < -0.3 is 10.6 Å². The minimum atomic E-state index is -2.88. The molecule has 2 unspecified atom stereocenters. The topological polar surface area (TPSA) is 70.6 Å². The standard InChI is InChI=1S/C18H27N3O2S.HI/c1-2-19-18(21-16-10-11-24(22,23)13-16)20-12-15-8-5-7-14-6-3-4-9-17(14)15;/h3-4,6,9,15-16H,2,5,7-8,10-13H2,1H3,(H2,19,20,21);1H. The number of aryl methyl sites for hydroxylation is 1. The van der Waals surface area contributed by atoms with Gasteiger partial charge in [0.15, 0.2) is 15.8 Å². The Morgan fingerprint density at radius 1 is 1.28 bits per heavy atom. The Kier molecular flexibility index (Phi) is 7.54. The van der Waals surface area contributed by atoms with Crippen molar-refractivity contribution in [3.8, 4) is 0 Å². The number of benzene rings is 1. The minimum absolute atomic E-state index is 0. The summed E-state index contributed by atoms with van der Waals surface area (Å²) in [7, 11) is -2.88. The molecule has 1 heterocycles. The monoisotopic (exact) mass is 477 g/mol. The second kappa shape index (κ2) is 9.21.